The summed E-state index contributed by atoms with van der Waals surface area (Å²) in [6.45, 7) is 0.604. The SMILES string of the molecule is COC(=O)c1cccc(OCCSc2cccs2)c1. The van der Waals surface area contributed by atoms with E-state index in [4.69, 9.17) is 4.74 Å². The predicted molar refractivity (Wildman–Crippen MR) is 78.3 cm³/mol. The van der Waals surface area contributed by atoms with Crippen molar-refractivity contribution in [2.45, 2.75) is 4.21 Å². The molecule has 0 aliphatic heterocycles. The minimum Gasteiger partial charge on any atom is -0.493 e. The highest BCUT2D eigenvalue weighted by atomic mass is 32.2. The minimum absolute atomic E-state index is 0.349. The largest absolute Gasteiger partial charge is 0.493 e. The van der Waals surface area contributed by atoms with Gasteiger partial charge in [0.15, 0.2) is 0 Å². The molecule has 2 aromatic rings. The highest BCUT2D eigenvalue weighted by Crippen LogP contribution is 2.23. The first-order valence-corrected chi connectivity index (χ1v) is 7.63. The molecule has 0 aliphatic carbocycles. The molecule has 0 spiro atoms. The van der Waals surface area contributed by atoms with Crippen LogP contribution >= 0.6 is 23.1 Å². The van der Waals surface area contributed by atoms with Gasteiger partial charge in [0.2, 0.25) is 0 Å². The Bertz CT molecular complexity index is 523. The zero-order valence-electron chi connectivity index (χ0n) is 10.5. The third-order valence-corrected chi connectivity index (χ3v) is 4.44. The lowest BCUT2D eigenvalue weighted by Gasteiger charge is -2.06. The Morgan fingerprint density at radius 2 is 2.21 bits per heavy atom. The van der Waals surface area contributed by atoms with Crippen molar-refractivity contribution in [2.24, 2.45) is 0 Å². The quantitative estimate of drug-likeness (QED) is 0.462. The fraction of sp³-hybridized carbons (Fsp3) is 0.214. The lowest BCUT2D eigenvalue weighted by molar-refractivity contribution is 0.0600. The van der Waals surface area contributed by atoms with E-state index in [0.29, 0.717) is 17.9 Å². The highest BCUT2D eigenvalue weighted by Gasteiger charge is 2.06. The first kappa shape index (κ1) is 14.0. The van der Waals surface area contributed by atoms with E-state index in [1.54, 1.807) is 41.3 Å². The van der Waals surface area contributed by atoms with E-state index in [0.717, 1.165) is 5.75 Å². The summed E-state index contributed by atoms with van der Waals surface area (Å²) < 4.78 is 11.6. The second-order valence-corrected chi connectivity index (χ2v) is 5.99. The van der Waals surface area contributed by atoms with Gasteiger partial charge in [0.1, 0.15) is 5.75 Å². The van der Waals surface area contributed by atoms with Crippen molar-refractivity contribution in [3.8, 4) is 5.75 Å². The number of hydrogen-bond acceptors (Lipinski definition) is 5. The molecular formula is C14H14O3S2. The minimum atomic E-state index is -0.349. The van der Waals surface area contributed by atoms with Crippen LogP contribution in [0.25, 0.3) is 0 Å². The normalized spacial score (nSPS) is 10.2. The summed E-state index contributed by atoms with van der Waals surface area (Å²) in [5, 5.41) is 2.06. The molecule has 19 heavy (non-hydrogen) atoms. The molecule has 0 bridgehead atoms. The molecule has 1 heterocycles. The van der Waals surface area contributed by atoms with Crippen molar-refractivity contribution in [1.29, 1.82) is 0 Å². The Hall–Kier alpha value is -1.46. The number of carbonyl (C=O) groups is 1. The van der Waals surface area contributed by atoms with Gasteiger partial charge in [-0.3, -0.25) is 0 Å². The van der Waals surface area contributed by atoms with Crippen molar-refractivity contribution in [1.82, 2.24) is 0 Å². The van der Waals surface area contributed by atoms with Gasteiger partial charge in [-0.15, -0.1) is 23.1 Å². The van der Waals surface area contributed by atoms with Gasteiger partial charge in [0.05, 0.1) is 23.5 Å². The van der Waals surface area contributed by atoms with E-state index in [1.165, 1.54) is 11.3 Å². The van der Waals surface area contributed by atoms with Gasteiger partial charge in [0.25, 0.3) is 0 Å². The maximum absolute atomic E-state index is 11.4. The topological polar surface area (TPSA) is 35.5 Å². The standard InChI is InChI=1S/C14H14O3S2/c1-16-14(15)11-4-2-5-12(10-11)17-7-9-19-13-6-3-8-18-13/h2-6,8,10H,7,9H2,1H3. The number of esters is 1. The predicted octanol–water partition coefficient (Wildman–Crippen LogP) is 3.71. The molecule has 0 radical (unpaired) electrons. The average molecular weight is 294 g/mol. The summed E-state index contributed by atoms with van der Waals surface area (Å²) in [5.41, 5.74) is 0.505. The molecule has 0 atom stereocenters. The van der Waals surface area contributed by atoms with Gasteiger partial charge >= 0.3 is 5.97 Å². The molecule has 0 saturated carbocycles. The number of hydrogen-bond donors (Lipinski definition) is 0. The first-order valence-electron chi connectivity index (χ1n) is 5.77. The summed E-state index contributed by atoms with van der Waals surface area (Å²) in [5.74, 6) is 1.22. The molecule has 100 valence electrons. The fourth-order valence-corrected chi connectivity index (χ4v) is 3.16. The summed E-state index contributed by atoms with van der Waals surface area (Å²) in [7, 11) is 1.37. The Labute approximate surface area is 120 Å². The maximum Gasteiger partial charge on any atom is 0.337 e. The smallest absolute Gasteiger partial charge is 0.337 e. The molecule has 0 aliphatic rings. The molecule has 0 amide bonds. The maximum atomic E-state index is 11.4. The van der Waals surface area contributed by atoms with Crippen LogP contribution in [0.15, 0.2) is 46.0 Å². The Kier molecular flexibility index (Phi) is 5.30. The zero-order chi connectivity index (χ0) is 13.5. The van der Waals surface area contributed by atoms with Gasteiger partial charge in [-0.05, 0) is 29.6 Å². The Morgan fingerprint density at radius 1 is 1.32 bits per heavy atom. The second kappa shape index (κ2) is 7.21. The summed E-state index contributed by atoms with van der Waals surface area (Å²) in [6.07, 6.45) is 0. The lowest BCUT2D eigenvalue weighted by Crippen LogP contribution is -2.03. The van der Waals surface area contributed by atoms with E-state index in [2.05, 4.69) is 16.2 Å². The van der Waals surface area contributed by atoms with Crippen molar-refractivity contribution >= 4 is 29.1 Å². The number of carbonyl (C=O) groups excluding carboxylic acids is 1. The number of rotatable bonds is 6. The number of methoxy groups -OCH3 is 1. The number of ether oxygens (including phenoxy) is 2. The molecule has 1 aromatic carbocycles. The van der Waals surface area contributed by atoms with Crippen LogP contribution in [0.1, 0.15) is 10.4 Å². The second-order valence-electron chi connectivity index (χ2n) is 3.65. The molecule has 0 fully saturated rings. The van der Waals surface area contributed by atoms with Crippen molar-refractivity contribution < 1.29 is 14.3 Å². The van der Waals surface area contributed by atoms with Gasteiger partial charge in [-0.25, -0.2) is 4.79 Å². The van der Waals surface area contributed by atoms with Crippen LogP contribution in [-0.4, -0.2) is 25.4 Å². The van der Waals surface area contributed by atoms with E-state index in [-0.39, 0.29) is 5.97 Å². The Morgan fingerprint density at radius 3 is 2.95 bits per heavy atom. The molecule has 5 heteroatoms. The van der Waals surface area contributed by atoms with Crippen LogP contribution in [-0.2, 0) is 4.74 Å². The van der Waals surface area contributed by atoms with Crippen LogP contribution in [0, 0.1) is 0 Å². The third-order valence-electron chi connectivity index (χ3n) is 2.35. The molecule has 0 unspecified atom stereocenters. The van der Waals surface area contributed by atoms with Crippen LogP contribution in [0.2, 0.25) is 0 Å². The average Bonchev–Trinajstić information content (AvgIpc) is 2.96. The number of thioether (sulfide) groups is 1. The monoisotopic (exact) mass is 294 g/mol. The van der Waals surface area contributed by atoms with E-state index >= 15 is 0 Å². The fourth-order valence-electron chi connectivity index (χ4n) is 1.48. The summed E-state index contributed by atoms with van der Waals surface area (Å²) >= 11 is 3.49. The van der Waals surface area contributed by atoms with Crippen LogP contribution in [0.4, 0.5) is 0 Å². The molecule has 1 aromatic heterocycles. The van der Waals surface area contributed by atoms with Crippen LogP contribution in [0.5, 0.6) is 5.75 Å². The number of thiophene rings is 1. The van der Waals surface area contributed by atoms with Gasteiger partial charge < -0.3 is 9.47 Å². The summed E-state index contributed by atoms with van der Waals surface area (Å²) in [6, 6.07) is 11.2. The van der Waals surface area contributed by atoms with Gasteiger partial charge in [0, 0.05) is 5.75 Å². The lowest BCUT2D eigenvalue weighted by atomic mass is 10.2. The molecular weight excluding hydrogens is 280 g/mol. The summed E-state index contributed by atoms with van der Waals surface area (Å²) in [4.78, 5) is 11.4. The van der Waals surface area contributed by atoms with E-state index in [1.807, 2.05) is 12.1 Å². The Balaban J connectivity index is 1.81. The van der Waals surface area contributed by atoms with Gasteiger partial charge in [-0.2, -0.15) is 0 Å². The molecule has 0 N–H and O–H groups in total. The molecule has 3 nitrogen and oxygen atoms in total. The highest BCUT2D eigenvalue weighted by molar-refractivity contribution is 8.01. The third kappa shape index (κ3) is 4.29. The molecule has 0 saturated heterocycles. The zero-order valence-corrected chi connectivity index (χ0v) is 12.1. The van der Waals surface area contributed by atoms with Crippen molar-refractivity contribution in [2.75, 3.05) is 19.5 Å². The van der Waals surface area contributed by atoms with Crippen molar-refractivity contribution in [3.05, 3.63) is 47.3 Å². The molecule has 2 rings (SSSR count). The van der Waals surface area contributed by atoms with Crippen LogP contribution < -0.4 is 4.74 Å². The van der Waals surface area contributed by atoms with E-state index < -0.39 is 0 Å². The number of benzene rings is 1. The van der Waals surface area contributed by atoms with Crippen molar-refractivity contribution in [3.63, 3.8) is 0 Å². The van der Waals surface area contributed by atoms with E-state index in [9.17, 15) is 4.79 Å². The van der Waals surface area contributed by atoms with Crippen LogP contribution in [0.3, 0.4) is 0 Å². The van der Waals surface area contributed by atoms with Gasteiger partial charge in [-0.1, -0.05) is 12.1 Å². The first-order chi connectivity index (χ1) is 9.29.